The Morgan fingerprint density at radius 3 is 2.29 bits per heavy atom. The van der Waals surface area contributed by atoms with Crippen molar-refractivity contribution >= 4 is 45.4 Å². The largest absolute Gasteiger partial charge is 0.444 e. The smallest absolute Gasteiger partial charge is 0.408 e. The van der Waals surface area contributed by atoms with Gasteiger partial charge in [-0.1, -0.05) is 50.6 Å². The molecule has 4 N–H and O–H groups in total. The van der Waals surface area contributed by atoms with Gasteiger partial charge in [-0.15, -0.1) is 6.58 Å². The second kappa shape index (κ2) is 11.9. The van der Waals surface area contributed by atoms with Crippen LogP contribution in [0, 0.1) is 11.3 Å². The van der Waals surface area contributed by atoms with E-state index in [1.165, 1.54) is 17.0 Å². The molecule has 1 aromatic rings. The van der Waals surface area contributed by atoms with Gasteiger partial charge in [-0.25, -0.2) is 13.2 Å². The minimum atomic E-state index is -3.91. The number of sulfonamides is 1. The quantitative estimate of drug-likeness (QED) is 0.292. The van der Waals surface area contributed by atoms with Crippen molar-refractivity contribution in [1.29, 1.82) is 0 Å². The van der Waals surface area contributed by atoms with Crippen molar-refractivity contribution in [3.05, 3.63) is 47.5 Å². The van der Waals surface area contributed by atoms with Crippen LogP contribution in [0.25, 0.3) is 0 Å². The molecule has 2 aliphatic carbocycles. The Morgan fingerprint density at radius 2 is 1.78 bits per heavy atom. The van der Waals surface area contributed by atoms with Gasteiger partial charge in [0.05, 0.1) is 11.8 Å². The molecule has 248 valence electrons. The number of hydrogen-bond acceptors (Lipinski definition) is 8. The molecule has 14 heteroatoms. The molecule has 3 aliphatic rings. The van der Waals surface area contributed by atoms with Crippen molar-refractivity contribution in [2.75, 3.05) is 6.54 Å². The van der Waals surface area contributed by atoms with E-state index in [0.29, 0.717) is 23.4 Å². The number of rotatable bonds is 9. The van der Waals surface area contributed by atoms with Gasteiger partial charge < -0.3 is 25.4 Å². The predicted molar refractivity (Wildman–Crippen MR) is 167 cm³/mol. The van der Waals surface area contributed by atoms with E-state index < -0.39 is 79.2 Å². The lowest BCUT2D eigenvalue weighted by Gasteiger charge is -2.36. The first-order valence-electron chi connectivity index (χ1n) is 14.9. The summed E-state index contributed by atoms with van der Waals surface area (Å²) in [5.41, 5.74) is -4.64. The summed E-state index contributed by atoms with van der Waals surface area (Å²) in [5.74, 6) is -2.86. The number of alkyl carbamates (subject to hydrolysis) is 1. The summed E-state index contributed by atoms with van der Waals surface area (Å²) in [4.78, 5) is 55.6. The third-order valence-electron chi connectivity index (χ3n) is 8.31. The van der Waals surface area contributed by atoms with Crippen molar-refractivity contribution in [1.82, 2.24) is 20.3 Å². The number of halogens is 1. The van der Waals surface area contributed by atoms with E-state index >= 15 is 0 Å². The minimum absolute atomic E-state index is 0.109. The van der Waals surface area contributed by atoms with Gasteiger partial charge in [0.25, 0.3) is 5.91 Å². The van der Waals surface area contributed by atoms with Gasteiger partial charge in [0, 0.05) is 17.4 Å². The van der Waals surface area contributed by atoms with Gasteiger partial charge in [-0.3, -0.25) is 19.1 Å². The Hall–Kier alpha value is -3.16. The topological polar surface area (TPSA) is 171 Å². The van der Waals surface area contributed by atoms with Gasteiger partial charge in [0.2, 0.25) is 21.8 Å². The van der Waals surface area contributed by atoms with Crippen LogP contribution in [-0.2, 0) is 34.7 Å². The summed E-state index contributed by atoms with van der Waals surface area (Å²) in [6, 6.07) is 3.94. The number of ether oxygens (including phenoxy) is 1. The number of nitrogens with one attached hydrogen (secondary N) is 3. The van der Waals surface area contributed by atoms with E-state index in [9.17, 15) is 32.7 Å². The van der Waals surface area contributed by atoms with Gasteiger partial charge in [-0.2, -0.15) is 0 Å². The summed E-state index contributed by atoms with van der Waals surface area (Å²) in [6.07, 6.45) is 1.37. The fourth-order valence-electron chi connectivity index (χ4n) is 5.60. The van der Waals surface area contributed by atoms with E-state index in [1.807, 2.05) is 0 Å². The van der Waals surface area contributed by atoms with Crippen LogP contribution in [0.5, 0.6) is 0 Å². The highest BCUT2D eigenvalue weighted by Gasteiger charge is 2.62. The standard InChI is InChI=1S/C31H43ClN4O8S/c1-8-18-15-31(18,26(39)35-45(42,43)21-12-13-21)34-24(37)22-16-30(41,19-10-9-11-20(32)14-19)17-36(22)25(38)23(28(2,3)4)33-27(40)44-29(5,6)7/h8-11,14,18,21-23,41H,1,12-13,15-17H2,2-7H3,(H,33,40)(H,34,37)(H,35,39)/t18-,22+,23-,30+,31-/m1/s1. The fraction of sp³-hybridized carbons (Fsp3) is 0.613. The second-order valence-corrected chi connectivity index (χ2v) is 16.8. The van der Waals surface area contributed by atoms with Crippen LogP contribution in [0.2, 0.25) is 5.02 Å². The average Bonchev–Trinajstić information content (AvgIpc) is 3.82. The molecule has 1 aromatic carbocycles. The molecule has 0 spiro atoms. The molecule has 45 heavy (non-hydrogen) atoms. The van der Waals surface area contributed by atoms with Crippen molar-refractivity contribution in [3.8, 4) is 0 Å². The highest BCUT2D eigenvalue weighted by molar-refractivity contribution is 7.91. The van der Waals surface area contributed by atoms with Gasteiger partial charge in [-0.05, 0) is 63.1 Å². The van der Waals surface area contributed by atoms with Crippen LogP contribution in [0.3, 0.4) is 0 Å². The Labute approximate surface area is 269 Å². The van der Waals surface area contributed by atoms with E-state index in [1.54, 1.807) is 59.7 Å². The van der Waals surface area contributed by atoms with Crippen LogP contribution < -0.4 is 15.4 Å². The Kier molecular flexibility index (Phi) is 9.17. The van der Waals surface area contributed by atoms with Gasteiger partial charge in [0.15, 0.2) is 0 Å². The summed E-state index contributed by atoms with van der Waals surface area (Å²) >= 11 is 6.21. The van der Waals surface area contributed by atoms with Crippen molar-refractivity contribution < 1.29 is 37.4 Å². The molecule has 0 bridgehead atoms. The molecular formula is C31H43ClN4O8S. The summed E-state index contributed by atoms with van der Waals surface area (Å²) in [5, 5.41) is 16.9. The molecule has 2 saturated carbocycles. The van der Waals surface area contributed by atoms with Crippen LogP contribution in [0.4, 0.5) is 4.79 Å². The van der Waals surface area contributed by atoms with Crippen LogP contribution >= 0.6 is 11.6 Å². The maximum atomic E-state index is 14.3. The van der Waals surface area contributed by atoms with E-state index in [0.717, 1.165) is 0 Å². The first-order valence-corrected chi connectivity index (χ1v) is 16.8. The Balaban J connectivity index is 1.67. The molecule has 0 radical (unpaired) electrons. The van der Waals surface area contributed by atoms with E-state index in [-0.39, 0.29) is 19.4 Å². The number of hydrogen-bond donors (Lipinski definition) is 4. The number of benzene rings is 1. The number of nitrogens with zero attached hydrogens (tertiary/aromatic N) is 1. The molecule has 0 aromatic heterocycles. The number of likely N-dealkylation sites (tertiary alicyclic amines) is 1. The number of aliphatic hydroxyl groups is 1. The minimum Gasteiger partial charge on any atom is -0.444 e. The SMILES string of the molecule is C=C[C@@H]1C[C@]1(NC(=O)[C@@H]1C[C@@](O)(c2cccc(Cl)c2)CN1C(=O)[C@@H](NC(=O)OC(C)(C)C)C(C)(C)C)C(=O)NS(=O)(=O)C1CC1. The number of β-amino-alcohol motifs (C(OH)–C–C–N with tert-alkyl or cyclic N) is 1. The summed E-state index contributed by atoms with van der Waals surface area (Å²) < 4.78 is 32.6. The predicted octanol–water partition coefficient (Wildman–Crippen LogP) is 2.74. The van der Waals surface area contributed by atoms with Crippen molar-refractivity contribution in [3.63, 3.8) is 0 Å². The zero-order chi connectivity index (χ0) is 33.8. The summed E-state index contributed by atoms with van der Waals surface area (Å²) in [7, 11) is -3.91. The second-order valence-electron chi connectivity index (χ2n) is 14.4. The third-order valence-corrected chi connectivity index (χ3v) is 10.4. The fourth-order valence-corrected chi connectivity index (χ4v) is 7.15. The molecule has 12 nitrogen and oxygen atoms in total. The molecule has 1 saturated heterocycles. The first-order chi connectivity index (χ1) is 20.6. The zero-order valence-corrected chi connectivity index (χ0v) is 28.0. The van der Waals surface area contributed by atoms with Crippen LogP contribution in [0.1, 0.15) is 72.8 Å². The maximum absolute atomic E-state index is 14.3. The normalized spacial score (nSPS) is 27.2. The van der Waals surface area contributed by atoms with Gasteiger partial charge in [0.1, 0.15) is 28.8 Å². The molecule has 0 unspecified atom stereocenters. The molecule has 1 aliphatic heterocycles. The average molecular weight is 667 g/mol. The highest BCUT2D eigenvalue weighted by Crippen LogP contribution is 2.46. The maximum Gasteiger partial charge on any atom is 0.408 e. The number of carbonyl (C=O) groups is 4. The molecule has 3 fully saturated rings. The van der Waals surface area contributed by atoms with Gasteiger partial charge >= 0.3 is 6.09 Å². The Morgan fingerprint density at radius 1 is 1.13 bits per heavy atom. The summed E-state index contributed by atoms with van der Waals surface area (Å²) in [6.45, 7) is 13.6. The molecule has 4 rings (SSSR count). The number of carbonyl (C=O) groups excluding carboxylic acids is 4. The molecule has 4 amide bonds. The van der Waals surface area contributed by atoms with E-state index in [4.69, 9.17) is 16.3 Å². The third kappa shape index (κ3) is 7.63. The van der Waals surface area contributed by atoms with Crippen LogP contribution in [-0.4, -0.2) is 77.3 Å². The monoisotopic (exact) mass is 666 g/mol. The lowest BCUT2D eigenvalue weighted by Crippen LogP contribution is -2.60. The van der Waals surface area contributed by atoms with Crippen LogP contribution in [0.15, 0.2) is 36.9 Å². The Bertz CT molecular complexity index is 1500. The molecular weight excluding hydrogens is 624 g/mol. The zero-order valence-electron chi connectivity index (χ0n) is 26.5. The highest BCUT2D eigenvalue weighted by atomic mass is 35.5. The lowest BCUT2D eigenvalue weighted by atomic mass is 9.85. The lowest BCUT2D eigenvalue weighted by molar-refractivity contribution is -0.143. The van der Waals surface area contributed by atoms with Crippen molar-refractivity contribution in [2.24, 2.45) is 11.3 Å². The van der Waals surface area contributed by atoms with E-state index in [2.05, 4.69) is 21.9 Å². The molecule has 5 atom stereocenters. The number of amides is 4. The molecule has 1 heterocycles. The van der Waals surface area contributed by atoms with Crippen molar-refractivity contribution in [2.45, 2.75) is 101 Å². The first kappa shape index (κ1) is 34.7.